The summed E-state index contributed by atoms with van der Waals surface area (Å²) < 4.78 is 15.1. The van der Waals surface area contributed by atoms with Crippen molar-refractivity contribution in [2.24, 2.45) is 0 Å². The average molecular weight is 183 g/mol. The van der Waals surface area contributed by atoms with Crippen molar-refractivity contribution in [1.29, 1.82) is 0 Å². The highest BCUT2D eigenvalue weighted by molar-refractivity contribution is 5.35. The molecule has 1 heterocycles. The Morgan fingerprint density at radius 3 is 3.08 bits per heavy atom. The Morgan fingerprint density at radius 1 is 1.54 bits per heavy atom. The van der Waals surface area contributed by atoms with E-state index in [0.29, 0.717) is 26.6 Å². The van der Waals surface area contributed by atoms with Gasteiger partial charge in [-0.3, -0.25) is 0 Å². The molecule has 0 aromatic carbocycles. The molecule has 1 aliphatic rings. The number of methoxy groups -OCH3 is 1. The standard InChI is InChI=1S/C10H15O3/c1-3-9-6-13-7-10(9)4-5-12-8-11-2/h3-4H,1,5-8H2,2H3/b10-4-. The minimum atomic E-state index is 0.327. The van der Waals surface area contributed by atoms with Crippen LogP contribution in [0.4, 0.5) is 0 Å². The Kier molecular flexibility index (Phi) is 4.75. The van der Waals surface area contributed by atoms with E-state index in [1.54, 1.807) is 7.11 Å². The fraction of sp³-hybridized carbons (Fsp3) is 0.500. The monoisotopic (exact) mass is 183 g/mol. The van der Waals surface area contributed by atoms with Crippen LogP contribution < -0.4 is 0 Å². The second-order valence-electron chi connectivity index (χ2n) is 2.73. The Labute approximate surface area is 79.0 Å². The fourth-order valence-corrected chi connectivity index (χ4v) is 1.13. The summed E-state index contributed by atoms with van der Waals surface area (Å²) in [5.74, 6) is 1.15. The SMILES string of the molecule is C=C[C]1COC/C1=C/COCOC. The van der Waals surface area contributed by atoms with Crippen molar-refractivity contribution in [1.82, 2.24) is 0 Å². The van der Waals surface area contributed by atoms with Gasteiger partial charge in [-0.1, -0.05) is 12.2 Å². The summed E-state index contributed by atoms with van der Waals surface area (Å²) in [5.41, 5.74) is 1.17. The molecule has 0 saturated carbocycles. The molecular formula is C10H15O3. The van der Waals surface area contributed by atoms with Gasteiger partial charge in [-0.05, 0) is 5.57 Å². The van der Waals surface area contributed by atoms with Gasteiger partial charge in [-0.15, -0.1) is 6.58 Å². The van der Waals surface area contributed by atoms with E-state index in [-0.39, 0.29) is 0 Å². The zero-order valence-corrected chi connectivity index (χ0v) is 7.91. The maximum Gasteiger partial charge on any atom is 0.146 e. The molecule has 1 fully saturated rings. The van der Waals surface area contributed by atoms with Crippen molar-refractivity contribution >= 4 is 0 Å². The molecule has 0 atom stereocenters. The van der Waals surface area contributed by atoms with Gasteiger partial charge in [0.05, 0.1) is 19.8 Å². The molecule has 1 aliphatic heterocycles. The third kappa shape index (κ3) is 3.30. The Morgan fingerprint density at radius 2 is 2.38 bits per heavy atom. The molecule has 0 aromatic heterocycles. The average Bonchev–Trinajstić information content (AvgIpc) is 2.60. The molecule has 1 saturated heterocycles. The Balaban J connectivity index is 2.28. The summed E-state index contributed by atoms with van der Waals surface area (Å²) in [6, 6.07) is 0. The maximum atomic E-state index is 5.25. The van der Waals surface area contributed by atoms with Gasteiger partial charge in [0, 0.05) is 13.0 Å². The van der Waals surface area contributed by atoms with Crippen molar-refractivity contribution in [3.05, 3.63) is 30.2 Å². The van der Waals surface area contributed by atoms with Crippen LogP contribution in [0.1, 0.15) is 0 Å². The summed E-state index contributed by atoms with van der Waals surface area (Å²) in [6.07, 6.45) is 3.83. The lowest BCUT2D eigenvalue weighted by molar-refractivity contribution is -0.0188. The van der Waals surface area contributed by atoms with Crippen LogP contribution in [0.25, 0.3) is 0 Å². The molecule has 0 unspecified atom stereocenters. The molecule has 0 bridgehead atoms. The highest BCUT2D eigenvalue weighted by Crippen LogP contribution is 2.22. The van der Waals surface area contributed by atoms with Crippen LogP contribution in [-0.4, -0.2) is 33.7 Å². The third-order valence-corrected chi connectivity index (χ3v) is 1.82. The van der Waals surface area contributed by atoms with Crippen LogP contribution in [-0.2, 0) is 14.2 Å². The first-order chi connectivity index (χ1) is 6.38. The van der Waals surface area contributed by atoms with Gasteiger partial charge in [0.15, 0.2) is 0 Å². The van der Waals surface area contributed by atoms with E-state index in [9.17, 15) is 0 Å². The van der Waals surface area contributed by atoms with E-state index in [1.807, 2.05) is 12.2 Å². The largest absolute Gasteiger partial charge is 0.376 e. The first-order valence-corrected chi connectivity index (χ1v) is 4.20. The summed E-state index contributed by atoms with van der Waals surface area (Å²) >= 11 is 0. The molecule has 73 valence electrons. The van der Waals surface area contributed by atoms with Crippen LogP contribution in [0.2, 0.25) is 0 Å². The summed E-state index contributed by atoms with van der Waals surface area (Å²) in [7, 11) is 1.60. The topological polar surface area (TPSA) is 27.7 Å². The lowest BCUT2D eigenvalue weighted by Crippen LogP contribution is -1.99. The molecule has 3 nitrogen and oxygen atoms in total. The fourth-order valence-electron chi connectivity index (χ4n) is 1.13. The predicted molar refractivity (Wildman–Crippen MR) is 50.2 cm³/mol. The second-order valence-corrected chi connectivity index (χ2v) is 2.73. The van der Waals surface area contributed by atoms with E-state index in [1.165, 1.54) is 5.57 Å². The van der Waals surface area contributed by atoms with Crippen LogP contribution in [0, 0.1) is 5.92 Å². The van der Waals surface area contributed by atoms with Crippen LogP contribution >= 0.6 is 0 Å². The Hall–Kier alpha value is -0.640. The predicted octanol–water partition coefficient (Wildman–Crippen LogP) is 1.32. The van der Waals surface area contributed by atoms with Crippen molar-refractivity contribution in [2.75, 3.05) is 33.7 Å². The third-order valence-electron chi connectivity index (χ3n) is 1.82. The quantitative estimate of drug-likeness (QED) is 0.475. The van der Waals surface area contributed by atoms with E-state index in [0.717, 1.165) is 5.92 Å². The van der Waals surface area contributed by atoms with E-state index < -0.39 is 0 Å². The molecule has 0 N–H and O–H groups in total. The first kappa shape index (κ1) is 10.4. The van der Waals surface area contributed by atoms with Gasteiger partial charge in [0.1, 0.15) is 6.79 Å². The normalized spacial score (nSPS) is 21.2. The summed E-state index contributed by atoms with van der Waals surface area (Å²) in [4.78, 5) is 0. The second kappa shape index (κ2) is 5.91. The number of rotatable bonds is 5. The van der Waals surface area contributed by atoms with Crippen molar-refractivity contribution in [3.63, 3.8) is 0 Å². The highest BCUT2D eigenvalue weighted by Gasteiger charge is 2.18. The van der Waals surface area contributed by atoms with Gasteiger partial charge in [0.25, 0.3) is 0 Å². The lowest BCUT2D eigenvalue weighted by Gasteiger charge is -2.02. The molecular weight excluding hydrogens is 168 g/mol. The van der Waals surface area contributed by atoms with Crippen LogP contribution in [0.15, 0.2) is 24.3 Å². The van der Waals surface area contributed by atoms with Crippen LogP contribution in [0.5, 0.6) is 0 Å². The van der Waals surface area contributed by atoms with Crippen LogP contribution in [0.3, 0.4) is 0 Å². The summed E-state index contributed by atoms with van der Waals surface area (Å²) in [5, 5.41) is 0. The number of ether oxygens (including phenoxy) is 3. The summed E-state index contributed by atoms with van der Waals surface area (Å²) in [6.45, 7) is 5.93. The van der Waals surface area contributed by atoms with Gasteiger partial charge in [-0.25, -0.2) is 0 Å². The molecule has 0 aliphatic carbocycles. The van der Waals surface area contributed by atoms with Crippen molar-refractivity contribution in [2.45, 2.75) is 0 Å². The smallest absolute Gasteiger partial charge is 0.146 e. The minimum Gasteiger partial charge on any atom is -0.376 e. The van der Waals surface area contributed by atoms with Crippen molar-refractivity contribution < 1.29 is 14.2 Å². The van der Waals surface area contributed by atoms with Gasteiger partial charge >= 0.3 is 0 Å². The zero-order chi connectivity index (χ0) is 9.52. The van der Waals surface area contributed by atoms with E-state index in [2.05, 4.69) is 6.58 Å². The van der Waals surface area contributed by atoms with Gasteiger partial charge < -0.3 is 14.2 Å². The zero-order valence-electron chi connectivity index (χ0n) is 7.91. The number of hydrogen-bond acceptors (Lipinski definition) is 3. The molecule has 0 amide bonds. The van der Waals surface area contributed by atoms with E-state index >= 15 is 0 Å². The maximum absolute atomic E-state index is 5.25. The molecule has 1 radical (unpaired) electrons. The molecule has 13 heavy (non-hydrogen) atoms. The van der Waals surface area contributed by atoms with E-state index in [4.69, 9.17) is 14.2 Å². The Bertz CT molecular complexity index is 187. The molecule has 0 spiro atoms. The molecule has 3 heteroatoms. The van der Waals surface area contributed by atoms with Gasteiger partial charge in [-0.2, -0.15) is 0 Å². The number of hydrogen-bond donors (Lipinski definition) is 0. The van der Waals surface area contributed by atoms with Crippen molar-refractivity contribution in [3.8, 4) is 0 Å². The first-order valence-electron chi connectivity index (χ1n) is 4.20. The van der Waals surface area contributed by atoms with Gasteiger partial charge in [0.2, 0.25) is 0 Å². The highest BCUT2D eigenvalue weighted by atomic mass is 16.7. The molecule has 1 rings (SSSR count). The molecule has 0 aromatic rings. The minimum absolute atomic E-state index is 0.327. The lowest BCUT2D eigenvalue weighted by atomic mass is 10.0.